The second-order valence-corrected chi connectivity index (χ2v) is 9.24. The first kappa shape index (κ1) is 23.3. The number of amides is 3. The summed E-state index contributed by atoms with van der Waals surface area (Å²) in [6.45, 7) is 3.99. The van der Waals surface area contributed by atoms with E-state index in [9.17, 15) is 18.8 Å². The zero-order valence-electron chi connectivity index (χ0n) is 19.6. The summed E-state index contributed by atoms with van der Waals surface area (Å²) in [6.07, 6.45) is 1.14. The highest BCUT2D eigenvalue weighted by atomic mass is 19.1. The van der Waals surface area contributed by atoms with E-state index in [4.69, 9.17) is 0 Å². The molecule has 0 spiro atoms. The lowest BCUT2D eigenvalue weighted by Gasteiger charge is -2.40. The van der Waals surface area contributed by atoms with Crippen LogP contribution < -0.4 is 15.5 Å². The molecule has 0 saturated carbocycles. The van der Waals surface area contributed by atoms with Crippen LogP contribution in [0, 0.1) is 5.82 Å². The molecule has 8 nitrogen and oxygen atoms in total. The van der Waals surface area contributed by atoms with E-state index < -0.39 is 0 Å². The fraction of sp³-hybridized carbons (Fsp3) is 0.423. The molecule has 3 heterocycles. The first-order valence-electron chi connectivity index (χ1n) is 12.2. The Balaban J connectivity index is 1.08. The zero-order chi connectivity index (χ0) is 24.4. The Kier molecular flexibility index (Phi) is 6.68. The summed E-state index contributed by atoms with van der Waals surface area (Å²) in [6, 6.07) is 12.6. The summed E-state index contributed by atoms with van der Waals surface area (Å²) < 4.78 is 14.0. The lowest BCUT2D eigenvalue weighted by molar-refractivity contribution is -0.133. The number of benzene rings is 2. The van der Waals surface area contributed by atoms with Crippen molar-refractivity contribution >= 4 is 23.4 Å². The van der Waals surface area contributed by atoms with Crippen LogP contribution in [-0.4, -0.2) is 79.9 Å². The minimum Gasteiger partial charge on any atom is -0.366 e. The van der Waals surface area contributed by atoms with Crippen LogP contribution in [-0.2, 0) is 16.0 Å². The highest BCUT2D eigenvalue weighted by molar-refractivity contribution is 5.97. The third-order valence-corrected chi connectivity index (χ3v) is 7.23. The maximum absolute atomic E-state index is 14.0. The lowest BCUT2D eigenvalue weighted by atomic mass is 9.86. The first-order chi connectivity index (χ1) is 17.0. The average Bonchev–Trinajstić information content (AvgIpc) is 2.89. The van der Waals surface area contributed by atoms with Gasteiger partial charge < -0.3 is 20.4 Å². The molecule has 9 heteroatoms. The quantitative estimate of drug-likeness (QED) is 0.653. The maximum atomic E-state index is 14.0. The second-order valence-electron chi connectivity index (χ2n) is 9.24. The summed E-state index contributed by atoms with van der Waals surface area (Å²) in [5.74, 6) is -0.588. The second kappa shape index (κ2) is 10.0. The Bertz CT molecular complexity index is 1130. The predicted octanol–water partition coefficient (Wildman–Crippen LogP) is 1.32. The summed E-state index contributed by atoms with van der Waals surface area (Å²) in [7, 11) is 0. The lowest BCUT2D eigenvalue weighted by Crippen LogP contribution is -2.51. The van der Waals surface area contributed by atoms with Gasteiger partial charge in [-0.25, -0.2) is 4.39 Å². The standard InChI is InChI=1S/C26H30FN5O3/c27-20-6-1-2-7-21(20)31-12-14-32(15-13-31)24(34)17-28-23(33)9-11-30-10-8-18-4-3-5-19-25(18)22(30)16-29-26(19)35/h1-7,22H,8-17H2,(H,28,33)(H,29,35). The first-order valence-corrected chi connectivity index (χ1v) is 12.2. The van der Waals surface area contributed by atoms with Crippen molar-refractivity contribution in [3.8, 4) is 0 Å². The minimum atomic E-state index is -0.261. The highest BCUT2D eigenvalue weighted by Crippen LogP contribution is 2.34. The molecule has 2 aromatic carbocycles. The molecule has 2 aromatic rings. The maximum Gasteiger partial charge on any atom is 0.251 e. The SMILES string of the molecule is O=C(CCN1CCc2cccc3c2C1CNC3=O)NCC(=O)N1CCN(c2ccccc2F)CC1. The highest BCUT2D eigenvalue weighted by Gasteiger charge is 2.34. The Hall–Kier alpha value is -3.46. The van der Waals surface area contributed by atoms with Gasteiger partial charge in [0.2, 0.25) is 11.8 Å². The predicted molar refractivity (Wildman–Crippen MR) is 130 cm³/mol. The molecule has 35 heavy (non-hydrogen) atoms. The number of hydrogen-bond acceptors (Lipinski definition) is 5. The average molecular weight is 480 g/mol. The van der Waals surface area contributed by atoms with E-state index in [1.54, 1.807) is 23.1 Å². The summed E-state index contributed by atoms with van der Waals surface area (Å²) >= 11 is 0. The Morgan fingerprint density at radius 2 is 1.83 bits per heavy atom. The van der Waals surface area contributed by atoms with Crippen molar-refractivity contribution in [1.29, 1.82) is 0 Å². The van der Waals surface area contributed by atoms with Crippen LogP contribution in [0.25, 0.3) is 0 Å². The number of rotatable bonds is 6. The molecule has 0 radical (unpaired) electrons. The van der Waals surface area contributed by atoms with Gasteiger partial charge in [-0.2, -0.15) is 0 Å². The number of nitrogens with one attached hydrogen (secondary N) is 2. The molecule has 2 N–H and O–H groups in total. The molecule has 0 aliphatic carbocycles. The molecular formula is C26H30FN5O3. The van der Waals surface area contributed by atoms with Crippen molar-refractivity contribution in [3.63, 3.8) is 0 Å². The fourth-order valence-electron chi connectivity index (χ4n) is 5.33. The van der Waals surface area contributed by atoms with Crippen molar-refractivity contribution in [3.05, 3.63) is 65.0 Å². The van der Waals surface area contributed by atoms with Gasteiger partial charge in [-0.3, -0.25) is 19.3 Å². The molecule has 1 unspecified atom stereocenters. The summed E-state index contributed by atoms with van der Waals surface area (Å²) in [5, 5.41) is 5.71. The van der Waals surface area contributed by atoms with Gasteiger partial charge in [0.25, 0.3) is 5.91 Å². The van der Waals surface area contributed by atoms with Gasteiger partial charge in [0.1, 0.15) is 5.82 Å². The van der Waals surface area contributed by atoms with E-state index in [-0.39, 0.29) is 42.5 Å². The molecule has 0 bridgehead atoms. The minimum absolute atomic E-state index is 0.0362. The van der Waals surface area contributed by atoms with Gasteiger partial charge in [-0.05, 0) is 35.7 Å². The van der Waals surface area contributed by atoms with Crippen LogP contribution in [0.5, 0.6) is 0 Å². The van der Waals surface area contributed by atoms with Crippen LogP contribution in [0.2, 0.25) is 0 Å². The van der Waals surface area contributed by atoms with Crippen LogP contribution in [0.4, 0.5) is 10.1 Å². The molecule has 1 saturated heterocycles. The normalized spacial score (nSPS) is 19.7. The molecular weight excluding hydrogens is 449 g/mol. The smallest absolute Gasteiger partial charge is 0.251 e. The van der Waals surface area contributed by atoms with Crippen molar-refractivity contribution in [1.82, 2.24) is 20.4 Å². The number of hydrogen-bond donors (Lipinski definition) is 2. The molecule has 3 aliphatic rings. The number of anilines is 1. The van der Waals surface area contributed by atoms with E-state index in [1.807, 2.05) is 17.0 Å². The molecule has 5 rings (SSSR count). The molecule has 3 aliphatic heterocycles. The van der Waals surface area contributed by atoms with Crippen molar-refractivity contribution in [2.24, 2.45) is 0 Å². The fourth-order valence-corrected chi connectivity index (χ4v) is 5.33. The van der Waals surface area contributed by atoms with Crippen LogP contribution in [0.15, 0.2) is 42.5 Å². The van der Waals surface area contributed by atoms with Gasteiger partial charge in [0.05, 0.1) is 18.3 Å². The number of carbonyl (C=O) groups excluding carboxylic acids is 3. The Labute approximate surface area is 204 Å². The molecule has 0 aromatic heterocycles. The largest absolute Gasteiger partial charge is 0.366 e. The van der Waals surface area contributed by atoms with Gasteiger partial charge in [-0.15, -0.1) is 0 Å². The van der Waals surface area contributed by atoms with Gasteiger partial charge in [0, 0.05) is 57.8 Å². The van der Waals surface area contributed by atoms with Crippen molar-refractivity contribution < 1.29 is 18.8 Å². The zero-order valence-corrected chi connectivity index (χ0v) is 19.6. The summed E-state index contributed by atoms with van der Waals surface area (Å²) in [5.41, 5.74) is 3.59. The van der Waals surface area contributed by atoms with Crippen molar-refractivity contribution in [2.45, 2.75) is 18.9 Å². The number of nitrogens with zero attached hydrogens (tertiary/aromatic N) is 3. The van der Waals surface area contributed by atoms with Gasteiger partial charge >= 0.3 is 0 Å². The van der Waals surface area contributed by atoms with E-state index in [0.717, 1.165) is 24.1 Å². The molecule has 184 valence electrons. The van der Waals surface area contributed by atoms with E-state index in [2.05, 4.69) is 21.6 Å². The summed E-state index contributed by atoms with van der Waals surface area (Å²) in [4.78, 5) is 43.2. The van der Waals surface area contributed by atoms with E-state index in [0.29, 0.717) is 45.0 Å². The molecule has 1 atom stereocenters. The van der Waals surface area contributed by atoms with Gasteiger partial charge in [0.15, 0.2) is 0 Å². The van der Waals surface area contributed by atoms with E-state index >= 15 is 0 Å². The van der Waals surface area contributed by atoms with Gasteiger partial charge in [-0.1, -0.05) is 24.3 Å². The van der Waals surface area contributed by atoms with Crippen LogP contribution >= 0.6 is 0 Å². The van der Waals surface area contributed by atoms with Crippen LogP contribution in [0.1, 0.15) is 33.9 Å². The van der Waals surface area contributed by atoms with Crippen LogP contribution in [0.3, 0.4) is 0 Å². The Morgan fingerprint density at radius 1 is 1.03 bits per heavy atom. The molecule has 3 amide bonds. The Morgan fingerprint density at radius 3 is 2.63 bits per heavy atom. The number of piperazine rings is 1. The topological polar surface area (TPSA) is 85.0 Å². The third kappa shape index (κ3) is 4.86. The third-order valence-electron chi connectivity index (χ3n) is 7.23. The number of carbonyl (C=O) groups is 3. The van der Waals surface area contributed by atoms with E-state index in [1.165, 1.54) is 11.6 Å². The monoisotopic (exact) mass is 479 g/mol. The molecule has 1 fully saturated rings. The number of halogens is 1. The number of para-hydroxylation sites is 1. The van der Waals surface area contributed by atoms with Crippen molar-refractivity contribution in [2.75, 3.05) is 57.3 Å².